The molecule has 0 fully saturated rings. The largest absolute Gasteiger partial charge is 0.387 e. The monoisotopic (exact) mass is 907 g/mol. The Morgan fingerprint density at radius 1 is 0.706 bits per heavy atom. The van der Waals surface area contributed by atoms with E-state index in [9.17, 15) is 0 Å². The van der Waals surface area contributed by atoms with Crippen LogP contribution in [0.15, 0.2) is 186 Å². The first kappa shape index (κ1) is 42.9. The van der Waals surface area contributed by atoms with Crippen LogP contribution in [0.3, 0.4) is 0 Å². The van der Waals surface area contributed by atoms with Crippen molar-refractivity contribution in [2.75, 3.05) is 13.6 Å². The second kappa shape index (κ2) is 16.9. The van der Waals surface area contributed by atoms with Gasteiger partial charge in [0, 0.05) is 55.7 Å². The van der Waals surface area contributed by atoms with E-state index in [1.165, 1.54) is 81.6 Å². The third-order valence-electron chi connectivity index (χ3n) is 16.3. The van der Waals surface area contributed by atoms with Crippen LogP contribution in [-0.2, 0) is 6.42 Å². The predicted molar refractivity (Wildman–Crippen MR) is 287 cm³/mol. The Balaban J connectivity index is 1.09. The molecule has 12 rings (SSSR count). The Morgan fingerprint density at radius 3 is 2.18 bits per heavy atom. The molecule has 6 aromatic carbocycles. The lowest BCUT2D eigenvalue weighted by atomic mass is 9.65. The molecule has 4 heterocycles. The van der Waals surface area contributed by atoms with Gasteiger partial charge in [0.25, 0.3) is 0 Å². The summed E-state index contributed by atoms with van der Waals surface area (Å²) in [5, 5.41) is 12.6. The first-order valence-corrected chi connectivity index (χ1v) is 25.7. The summed E-state index contributed by atoms with van der Waals surface area (Å²) in [4.78, 5) is 9.60. The number of aromatic nitrogens is 1. The van der Waals surface area contributed by atoms with Crippen molar-refractivity contribution in [2.45, 2.75) is 71.1 Å². The molecular formula is C62H61N5S. The van der Waals surface area contributed by atoms with Crippen molar-refractivity contribution < 1.29 is 0 Å². The van der Waals surface area contributed by atoms with Gasteiger partial charge >= 0.3 is 0 Å². The van der Waals surface area contributed by atoms with Crippen LogP contribution in [0.5, 0.6) is 0 Å². The molecule has 6 heteroatoms. The number of fused-ring (bicyclic) bond motifs is 6. The Kier molecular flexibility index (Phi) is 10.7. The highest BCUT2D eigenvalue weighted by Gasteiger charge is 2.50. The van der Waals surface area contributed by atoms with Gasteiger partial charge in [-0.15, -0.1) is 11.3 Å². The van der Waals surface area contributed by atoms with Gasteiger partial charge in [-0.25, -0.2) is 4.99 Å². The van der Waals surface area contributed by atoms with Crippen LogP contribution in [-0.4, -0.2) is 34.6 Å². The summed E-state index contributed by atoms with van der Waals surface area (Å²) >= 11 is 2.03. The zero-order valence-corrected chi connectivity index (χ0v) is 40.9. The van der Waals surface area contributed by atoms with E-state index in [0.717, 1.165) is 30.8 Å². The molecule has 2 aliphatic heterocycles. The van der Waals surface area contributed by atoms with Gasteiger partial charge in [0.05, 0.1) is 11.0 Å². The molecule has 7 unspecified atom stereocenters. The lowest BCUT2D eigenvalue weighted by Crippen LogP contribution is -2.65. The standard InChI is InChI=1S/C62H61N5S/c1-38-29-31-42(32-30-38)45-23-18-24-46(34-45)51-37-63-59(58(41(51)4)62(5)65-60(43-19-10-7-11-20-43)64-61(66(62)6)44-21-12-8-13-22-44)56-40(3)39(2)33-55-57(56)50-35-53-49(36-54(50)68-55)48-27-16-17-28-52(48)67(53)47-25-14-9-15-26-47/h7-29,31-32,34-36,38-41,51,56,61,63H,30,33,37H2,1-6H3,(H,64,65)/t38?,39?,40-,41?,51?,56?,61?,62?/m0/s1. The van der Waals surface area contributed by atoms with Crippen LogP contribution in [0.4, 0.5) is 0 Å². The number of benzene rings is 6. The van der Waals surface area contributed by atoms with Crippen molar-refractivity contribution >= 4 is 54.6 Å². The smallest absolute Gasteiger partial charge is 0.132 e. The number of nitrogens with zero attached hydrogens (tertiary/aromatic N) is 3. The number of thiophene rings is 1. The summed E-state index contributed by atoms with van der Waals surface area (Å²) in [6, 6.07) is 56.0. The van der Waals surface area contributed by atoms with Crippen LogP contribution in [0, 0.1) is 23.7 Å². The molecule has 0 radical (unpaired) electrons. The highest BCUT2D eigenvalue weighted by Crippen LogP contribution is 2.55. The van der Waals surface area contributed by atoms with Crippen LogP contribution in [0.25, 0.3) is 43.2 Å². The van der Waals surface area contributed by atoms with Crippen molar-refractivity contribution in [1.82, 2.24) is 20.1 Å². The fourth-order valence-electron chi connectivity index (χ4n) is 12.4. The second-order valence-electron chi connectivity index (χ2n) is 20.4. The van der Waals surface area contributed by atoms with Gasteiger partial charge in [-0.1, -0.05) is 167 Å². The lowest BCUT2D eigenvalue weighted by molar-refractivity contribution is 0.0776. The summed E-state index contributed by atoms with van der Waals surface area (Å²) < 4.78 is 3.87. The fraction of sp³-hybridized carbons (Fsp3) is 0.274. The molecule has 68 heavy (non-hydrogen) atoms. The molecule has 0 saturated heterocycles. The number of nitrogens with one attached hydrogen (secondary N) is 2. The highest BCUT2D eigenvalue weighted by atomic mass is 32.1. The molecule has 0 amide bonds. The number of aliphatic imine (C=N–C) groups is 1. The van der Waals surface area contributed by atoms with E-state index in [1.807, 2.05) is 11.3 Å². The number of para-hydroxylation sites is 2. The molecule has 4 aliphatic rings. The summed E-state index contributed by atoms with van der Waals surface area (Å²) in [5.41, 5.74) is 13.7. The third-order valence-corrected chi connectivity index (χ3v) is 17.5. The molecule has 0 saturated carbocycles. The summed E-state index contributed by atoms with van der Waals surface area (Å²) in [7, 11) is 2.29. The van der Waals surface area contributed by atoms with Gasteiger partial charge in [-0.3, -0.25) is 4.90 Å². The number of hydrogen-bond acceptors (Lipinski definition) is 5. The van der Waals surface area contributed by atoms with E-state index in [1.54, 1.807) is 0 Å². The minimum atomic E-state index is -0.629. The first-order valence-electron chi connectivity index (χ1n) is 24.9. The predicted octanol–water partition coefficient (Wildman–Crippen LogP) is 14.6. The molecule has 0 spiro atoms. The normalized spacial score (nSPS) is 26.4. The minimum absolute atomic E-state index is 0.153. The zero-order valence-electron chi connectivity index (χ0n) is 40.1. The molecule has 0 bridgehead atoms. The fourth-order valence-corrected chi connectivity index (χ4v) is 13.8. The van der Waals surface area contributed by atoms with Crippen LogP contribution in [0.1, 0.15) is 91.7 Å². The number of rotatable bonds is 7. The maximum atomic E-state index is 5.55. The summed E-state index contributed by atoms with van der Waals surface area (Å²) in [6.45, 7) is 13.1. The van der Waals surface area contributed by atoms with Gasteiger partial charge in [0.2, 0.25) is 0 Å². The summed E-state index contributed by atoms with van der Waals surface area (Å²) in [5.74, 6) is 2.95. The maximum Gasteiger partial charge on any atom is 0.132 e. The van der Waals surface area contributed by atoms with Crippen molar-refractivity contribution in [3.8, 4) is 5.69 Å². The Labute approximate surface area is 405 Å². The first-order chi connectivity index (χ1) is 33.2. The SMILES string of the molecule is CC1C=CC(c2cccc(C3CNC(C4c5c(sc6cc7c8ccccc8n(-c8ccccc8)c7cc56)CC(C)[C@@H]4C)=C(C4(C)NC(c5ccccc5)=NC(c5ccccc5)N4C)C3C)c2)=CC1. The number of hydrogen-bond donors (Lipinski definition) is 2. The number of likely N-dealkylation sites (N-methyl/N-ethyl adjacent to an activating group) is 1. The Bertz CT molecular complexity index is 3340. The van der Waals surface area contributed by atoms with E-state index in [2.05, 4.69) is 232 Å². The quantitative estimate of drug-likeness (QED) is 0.167. The lowest BCUT2D eigenvalue weighted by Gasteiger charge is -2.54. The number of allylic oxidation sites excluding steroid dienone is 5. The van der Waals surface area contributed by atoms with E-state index in [-0.39, 0.29) is 23.9 Å². The van der Waals surface area contributed by atoms with Crippen molar-refractivity contribution in [3.63, 3.8) is 0 Å². The van der Waals surface area contributed by atoms with Crippen molar-refractivity contribution in [2.24, 2.45) is 28.7 Å². The van der Waals surface area contributed by atoms with Crippen LogP contribution in [0.2, 0.25) is 0 Å². The second-order valence-corrected chi connectivity index (χ2v) is 21.5. The highest BCUT2D eigenvalue weighted by molar-refractivity contribution is 7.19. The van der Waals surface area contributed by atoms with E-state index >= 15 is 0 Å². The van der Waals surface area contributed by atoms with Gasteiger partial charge < -0.3 is 15.2 Å². The molecule has 5 nitrogen and oxygen atoms in total. The van der Waals surface area contributed by atoms with Gasteiger partial charge in [0.15, 0.2) is 0 Å². The van der Waals surface area contributed by atoms with Gasteiger partial charge in [-0.2, -0.15) is 0 Å². The molecule has 340 valence electrons. The van der Waals surface area contributed by atoms with Crippen LogP contribution < -0.4 is 10.6 Å². The summed E-state index contributed by atoms with van der Waals surface area (Å²) in [6.07, 6.45) is 9.08. The molecule has 8 atom stereocenters. The molecular weight excluding hydrogens is 847 g/mol. The topological polar surface area (TPSA) is 44.6 Å². The van der Waals surface area contributed by atoms with Crippen molar-refractivity contribution in [3.05, 3.63) is 214 Å². The van der Waals surface area contributed by atoms with E-state index < -0.39 is 5.66 Å². The van der Waals surface area contributed by atoms with Gasteiger partial charge in [0.1, 0.15) is 17.7 Å². The third kappa shape index (κ3) is 7.01. The zero-order chi connectivity index (χ0) is 46.3. The molecule has 8 aromatic rings. The molecule has 2 aromatic heterocycles. The van der Waals surface area contributed by atoms with Gasteiger partial charge in [-0.05, 0) is 120 Å². The van der Waals surface area contributed by atoms with E-state index in [4.69, 9.17) is 4.99 Å². The average molecular weight is 908 g/mol. The Morgan fingerprint density at radius 2 is 1.41 bits per heavy atom. The molecule has 2 aliphatic carbocycles. The van der Waals surface area contributed by atoms with Crippen molar-refractivity contribution in [1.29, 1.82) is 0 Å². The number of amidine groups is 1. The molecule has 2 N–H and O–H groups in total. The maximum absolute atomic E-state index is 5.55. The minimum Gasteiger partial charge on any atom is -0.387 e. The van der Waals surface area contributed by atoms with Crippen LogP contribution >= 0.6 is 11.3 Å². The van der Waals surface area contributed by atoms with E-state index in [0.29, 0.717) is 17.8 Å². The average Bonchev–Trinajstić information content (AvgIpc) is 3.89. The Hall–Kier alpha value is -6.47.